The minimum Gasteiger partial charge on any atom is -0.513 e. The molecule has 0 spiro atoms. The van der Waals surface area contributed by atoms with Crippen LogP contribution in [-0.2, 0) is 19.3 Å². The van der Waals surface area contributed by atoms with Crippen LogP contribution in [0.3, 0.4) is 0 Å². The van der Waals surface area contributed by atoms with E-state index in [0.717, 1.165) is 6.42 Å². The van der Waals surface area contributed by atoms with Gasteiger partial charge in [-0.05, 0) is 47.8 Å². The van der Waals surface area contributed by atoms with Crippen molar-refractivity contribution in [2.24, 2.45) is 11.3 Å². The number of benzene rings is 1. The molecule has 1 N–H and O–H groups in total. The second-order valence-electron chi connectivity index (χ2n) is 6.54. The number of aryl methyl sites for hydroxylation is 1. The van der Waals surface area contributed by atoms with Crippen LogP contribution in [0.1, 0.15) is 43.9 Å². The normalized spacial score (nSPS) is 19.1. The van der Waals surface area contributed by atoms with Gasteiger partial charge in [-0.25, -0.2) is 0 Å². The molecule has 0 amide bonds. The summed E-state index contributed by atoms with van der Waals surface area (Å²) in [5.74, 6) is 0.428. The summed E-state index contributed by atoms with van der Waals surface area (Å²) in [6, 6.07) is 6.81. The second-order valence-corrected chi connectivity index (χ2v) is 6.54. The summed E-state index contributed by atoms with van der Waals surface area (Å²) in [4.78, 5) is 0. The molecule has 1 atom stereocenters. The van der Waals surface area contributed by atoms with Crippen molar-refractivity contribution in [3.8, 4) is 0 Å². The quantitative estimate of drug-likeness (QED) is 0.779. The SMILES string of the molecule is C=C(O)[C@@H](C)Cc1ccc2c(c1)CCC(C)(C)C2. The van der Waals surface area contributed by atoms with Gasteiger partial charge in [-0.2, -0.15) is 0 Å². The Morgan fingerprint density at radius 1 is 1.39 bits per heavy atom. The van der Waals surface area contributed by atoms with Crippen LogP contribution in [0.25, 0.3) is 0 Å². The second kappa shape index (κ2) is 4.79. The van der Waals surface area contributed by atoms with Gasteiger partial charge >= 0.3 is 0 Å². The monoisotopic (exact) mass is 244 g/mol. The van der Waals surface area contributed by atoms with Crippen molar-refractivity contribution in [2.75, 3.05) is 0 Å². The van der Waals surface area contributed by atoms with Gasteiger partial charge in [-0.1, -0.05) is 45.5 Å². The molecule has 1 aliphatic carbocycles. The first-order valence-electron chi connectivity index (χ1n) is 6.86. The average Bonchev–Trinajstić information content (AvgIpc) is 2.28. The number of allylic oxidation sites excluding steroid dienone is 1. The largest absolute Gasteiger partial charge is 0.513 e. The third-order valence-electron chi connectivity index (χ3n) is 4.12. The van der Waals surface area contributed by atoms with Crippen LogP contribution in [0.15, 0.2) is 30.5 Å². The van der Waals surface area contributed by atoms with Gasteiger partial charge in [0.15, 0.2) is 0 Å². The summed E-state index contributed by atoms with van der Waals surface area (Å²) in [5, 5.41) is 9.39. The van der Waals surface area contributed by atoms with Crippen LogP contribution >= 0.6 is 0 Å². The summed E-state index contributed by atoms with van der Waals surface area (Å²) < 4.78 is 0. The fourth-order valence-electron chi connectivity index (χ4n) is 2.76. The maximum absolute atomic E-state index is 9.39. The number of aliphatic hydroxyl groups excluding tert-OH is 1. The molecule has 1 aromatic carbocycles. The van der Waals surface area contributed by atoms with Gasteiger partial charge in [0, 0.05) is 5.92 Å². The summed E-state index contributed by atoms with van der Waals surface area (Å²) in [6.07, 6.45) is 4.52. The first-order valence-corrected chi connectivity index (χ1v) is 6.86. The van der Waals surface area contributed by atoms with Crippen LogP contribution in [-0.4, -0.2) is 5.11 Å². The molecule has 1 nitrogen and oxygen atoms in total. The third-order valence-corrected chi connectivity index (χ3v) is 4.12. The zero-order valence-electron chi connectivity index (χ0n) is 11.8. The van der Waals surface area contributed by atoms with E-state index in [9.17, 15) is 5.11 Å². The molecule has 1 aromatic rings. The maximum atomic E-state index is 9.39. The molecule has 18 heavy (non-hydrogen) atoms. The summed E-state index contributed by atoms with van der Waals surface area (Å²) in [6.45, 7) is 10.3. The number of hydrogen-bond donors (Lipinski definition) is 1. The lowest BCUT2D eigenvalue weighted by Gasteiger charge is -2.31. The first-order chi connectivity index (χ1) is 8.37. The molecule has 1 heteroatoms. The molecule has 0 saturated carbocycles. The molecular formula is C17H24O. The Morgan fingerprint density at radius 3 is 2.78 bits per heavy atom. The fourth-order valence-corrected chi connectivity index (χ4v) is 2.76. The van der Waals surface area contributed by atoms with Crippen LogP contribution in [0.2, 0.25) is 0 Å². The van der Waals surface area contributed by atoms with E-state index in [4.69, 9.17) is 0 Å². The van der Waals surface area contributed by atoms with Gasteiger partial charge in [0.1, 0.15) is 0 Å². The average molecular weight is 244 g/mol. The Kier molecular flexibility index (Phi) is 3.52. The molecule has 0 unspecified atom stereocenters. The van der Waals surface area contributed by atoms with Crippen molar-refractivity contribution in [1.29, 1.82) is 0 Å². The Hall–Kier alpha value is -1.24. The molecule has 0 aliphatic heterocycles. The van der Waals surface area contributed by atoms with Crippen molar-refractivity contribution < 1.29 is 5.11 Å². The highest BCUT2D eigenvalue weighted by Gasteiger charge is 2.25. The minimum atomic E-state index is 0.142. The molecule has 0 bridgehead atoms. The lowest BCUT2D eigenvalue weighted by Crippen LogP contribution is -2.22. The summed E-state index contributed by atoms with van der Waals surface area (Å²) in [5.41, 5.74) is 4.77. The Morgan fingerprint density at radius 2 is 2.11 bits per heavy atom. The Balaban J connectivity index is 2.16. The van der Waals surface area contributed by atoms with Crippen molar-refractivity contribution in [1.82, 2.24) is 0 Å². The molecule has 0 fully saturated rings. The predicted molar refractivity (Wildman–Crippen MR) is 76.9 cm³/mol. The van der Waals surface area contributed by atoms with Crippen LogP contribution in [0.4, 0.5) is 0 Å². The molecule has 98 valence electrons. The summed E-state index contributed by atoms with van der Waals surface area (Å²) in [7, 11) is 0. The van der Waals surface area contributed by atoms with E-state index in [0.29, 0.717) is 5.41 Å². The van der Waals surface area contributed by atoms with Crippen molar-refractivity contribution in [3.05, 3.63) is 47.2 Å². The maximum Gasteiger partial charge on any atom is 0.0882 e. The van der Waals surface area contributed by atoms with E-state index in [1.165, 1.54) is 36.0 Å². The topological polar surface area (TPSA) is 20.2 Å². The molecule has 1 aliphatic rings. The van der Waals surface area contributed by atoms with Crippen LogP contribution in [0.5, 0.6) is 0 Å². The highest BCUT2D eigenvalue weighted by Crippen LogP contribution is 2.35. The third kappa shape index (κ3) is 2.95. The van der Waals surface area contributed by atoms with Gasteiger partial charge < -0.3 is 5.11 Å². The number of hydrogen-bond acceptors (Lipinski definition) is 1. The van der Waals surface area contributed by atoms with Crippen molar-refractivity contribution in [2.45, 2.75) is 46.5 Å². The first kappa shape index (κ1) is 13.2. The van der Waals surface area contributed by atoms with Gasteiger partial charge in [-0.15, -0.1) is 0 Å². The van der Waals surface area contributed by atoms with Crippen molar-refractivity contribution >= 4 is 0 Å². The van der Waals surface area contributed by atoms with E-state index in [-0.39, 0.29) is 11.7 Å². The van der Waals surface area contributed by atoms with Gasteiger partial charge in [-0.3, -0.25) is 0 Å². The van der Waals surface area contributed by atoms with E-state index < -0.39 is 0 Å². The van der Waals surface area contributed by atoms with E-state index in [2.05, 4.69) is 38.6 Å². The predicted octanol–water partition coefficient (Wildman–Crippen LogP) is 4.45. The molecule has 0 aromatic heterocycles. The van der Waals surface area contributed by atoms with Gasteiger partial charge in [0.2, 0.25) is 0 Å². The van der Waals surface area contributed by atoms with Crippen LogP contribution in [0, 0.1) is 11.3 Å². The zero-order valence-corrected chi connectivity index (χ0v) is 11.8. The standard InChI is InChI=1S/C17H24O/c1-12(13(2)18)9-14-5-6-16-11-17(3,4)8-7-15(16)10-14/h5-6,10,12,18H,2,7-9,11H2,1,3-4H3/t12-/m0/s1. The van der Waals surface area contributed by atoms with Crippen molar-refractivity contribution in [3.63, 3.8) is 0 Å². The molecule has 0 radical (unpaired) electrons. The minimum absolute atomic E-state index is 0.142. The highest BCUT2D eigenvalue weighted by molar-refractivity contribution is 5.35. The number of fused-ring (bicyclic) bond motifs is 1. The lowest BCUT2D eigenvalue weighted by atomic mass is 9.74. The lowest BCUT2D eigenvalue weighted by molar-refractivity contribution is 0.315. The van der Waals surface area contributed by atoms with Gasteiger partial charge in [0.05, 0.1) is 5.76 Å². The van der Waals surface area contributed by atoms with E-state index >= 15 is 0 Å². The number of aliphatic hydroxyl groups is 1. The smallest absolute Gasteiger partial charge is 0.0882 e. The summed E-state index contributed by atoms with van der Waals surface area (Å²) >= 11 is 0. The fraction of sp³-hybridized carbons (Fsp3) is 0.529. The zero-order chi connectivity index (χ0) is 13.3. The Bertz CT molecular complexity index is 457. The van der Waals surface area contributed by atoms with Crippen LogP contribution < -0.4 is 0 Å². The molecule has 0 heterocycles. The van der Waals surface area contributed by atoms with E-state index in [1.807, 2.05) is 6.92 Å². The number of rotatable bonds is 3. The highest BCUT2D eigenvalue weighted by atomic mass is 16.3. The van der Waals surface area contributed by atoms with Gasteiger partial charge in [0.25, 0.3) is 0 Å². The molecular weight excluding hydrogens is 220 g/mol. The molecule has 0 saturated heterocycles. The Labute approximate surface area is 111 Å². The molecule has 2 rings (SSSR count). The van der Waals surface area contributed by atoms with E-state index in [1.54, 1.807) is 0 Å².